The van der Waals surface area contributed by atoms with Gasteiger partial charge in [-0.15, -0.1) is 0 Å². The highest BCUT2D eigenvalue weighted by atomic mass is 19.1. The molecule has 1 aliphatic rings. The number of hydrogen-bond donors (Lipinski definition) is 0. The van der Waals surface area contributed by atoms with Crippen molar-refractivity contribution in [3.8, 4) is 0 Å². The minimum absolute atomic E-state index is 0.0649. The Morgan fingerprint density at radius 2 is 2.00 bits per heavy atom. The predicted octanol–water partition coefficient (Wildman–Crippen LogP) is 3.59. The molecule has 1 aliphatic carbocycles. The van der Waals surface area contributed by atoms with E-state index in [1.54, 1.807) is 18.3 Å². The standard InChI is InChI=1S/C19H18FN3O/c1-13-3-2-4-18-21-17(12-22(13)18)19(24)23(16-9-10-16)11-14-5-7-15(20)8-6-14/h2-8,12,16H,9-11H2,1H3. The van der Waals surface area contributed by atoms with E-state index in [2.05, 4.69) is 4.98 Å². The number of hydrogen-bond acceptors (Lipinski definition) is 2. The average molecular weight is 323 g/mol. The van der Waals surface area contributed by atoms with E-state index in [0.29, 0.717) is 12.2 Å². The number of nitrogens with zero attached hydrogens (tertiary/aromatic N) is 3. The summed E-state index contributed by atoms with van der Waals surface area (Å²) in [7, 11) is 0. The van der Waals surface area contributed by atoms with Crippen molar-refractivity contribution in [2.75, 3.05) is 0 Å². The van der Waals surface area contributed by atoms with Crippen molar-refractivity contribution in [3.05, 3.63) is 71.4 Å². The second-order valence-corrected chi connectivity index (χ2v) is 6.31. The Kier molecular flexibility index (Phi) is 3.56. The maximum atomic E-state index is 13.1. The first-order valence-corrected chi connectivity index (χ1v) is 8.12. The van der Waals surface area contributed by atoms with E-state index in [1.807, 2.05) is 34.4 Å². The van der Waals surface area contributed by atoms with Crippen molar-refractivity contribution in [1.82, 2.24) is 14.3 Å². The Hall–Kier alpha value is -2.69. The second kappa shape index (κ2) is 5.74. The molecule has 1 fully saturated rings. The van der Waals surface area contributed by atoms with Crippen molar-refractivity contribution in [2.24, 2.45) is 0 Å². The van der Waals surface area contributed by atoms with E-state index in [1.165, 1.54) is 12.1 Å². The van der Waals surface area contributed by atoms with Crippen molar-refractivity contribution in [2.45, 2.75) is 32.4 Å². The van der Waals surface area contributed by atoms with Crippen LogP contribution >= 0.6 is 0 Å². The molecule has 0 N–H and O–H groups in total. The maximum Gasteiger partial charge on any atom is 0.274 e. The van der Waals surface area contributed by atoms with Crippen LogP contribution in [-0.4, -0.2) is 26.2 Å². The fourth-order valence-corrected chi connectivity index (χ4v) is 2.94. The summed E-state index contributed by atoms with van der Waals surface area (Å²) in [6.45, 7) is 2.47. The SMILES string of the molecule is Cc1cccc2nc(C(=O)N(Cc3ccc(F)cc3)C3CC3)cn12. The molecule has 0 bridgehead atoms. The molecule has 5 heteroatoms. The van der Waals surface area contributed by atoms with Crippen LogP contribution in [0.25, 0.3) is 5.65 Å². The third-order valence-electron chi connectivity index (χ3n) is 4.43. The van der Waals surface area contributed by atoms with Crippen LogP contribution in [0.4, 0.5) is 4.39 Å². The van der Waals surface area contributed by atoms with Gasteiger partial charge in [0.25, 0.3) is 5.91 Å². The second-order valence-electron chi connectivity index (χ2n) is 6.31. The highest BCUT2D eigenvalue weighted by Crippen LogP contribution is 2.30. The van der Waals surface area contributed by atoms with Crippen LogP contribution < -0.4 is 0 Å². The van der Waals surface area contributed by atoms with Crippen molar-refractivity contribution < 1.29 is 9.18 Å². The number of carbonyl (C=O) groups excluding carboxylic acids is 1. The molecule has 0 radical (unpaired) electrons. The third-order valence-corrected chi connectivity index (χ3v) is 4.43. The van der Waals surface area contributed by atoms with E-state index in [4.69, 9.17) is 0 Å². The highest BCUT2D eigenvalue weighted by molar-refractivity contribution is 5.93. The summed E-state index contributed by atoms with van der Waals surface area (Å²) in [4.78, 5) is 19.3. The summed E-state index contributed by atoms with van der Waals surface area (Å²) in [5, 5.41) is 0. The first kappa shape index (κ1) is 14.9. The Labute approximate surface area is 139 Å². The van der Waals surface area contributed by atoms with Gasteiger partial charge < -0.3 is 9.30 Å². The van der Waals surface area contributed by atoms with E-state index in [0.717, 1.165) is 29.7 Å². The monoisotopic (exact) mass is 323 g/mol. The van der Waals surface area contributed by atoms with Gasteiger partial charge in [-0.2, -0.15) is 0 Å². The van der Waals surface area contributed by atoms with Crippen LogP contribution in [0.2, 0.25) is 0 Å². The molecule has 122 valence electrons. The molecule has 2 aromatic heterocycles. The molecular formula is C19H18FN3O. The summed E-state index contributed by atoms with van der Waals surface area (Å²) >= 11 is 0. The Morgan fingerprint density at radius 1 is 1.25 bits per heavy atom. The van der Waals surface area contributed by atoms with Crippen LogP contribution in [0.1, 0.15) is 34.6 Å². The summed E-state index contributed by atoms with van der Waals surface area (Å²) in [6, 6.07) is 12.4. The molecule has 0 atom stereocenters. The Morgan fingerprint density at radius 3 is 2.67 bits per heavy atom. The number of fused-ring (bicyclic) bond motifs is 1. The predicted molar refractivity (Wildman–Crippen MR) is 89.2 cm³/mol. The molecule has 24 heavy (non-hydrogen) atoms. The lowest BCUT2D eigenvalue weighted by molar-refractivity contribution is 0.0724. The van der Waals surface area contributed by atoms with Crippen molar-refractivity contribution in [1.29, 1.82) is 0 Å². The van der Waals surface area contributed by atoms with E-state index in [-0.39, 0.29) is 17.8 Å². The molecule has 0 aliphatic heterocycles. The smallest absolute Gasteiger partial charge is 0.274 e. The number of halogens is 1. The first-order chi connectivity index (χ1) is 11.6. The molecule has 1 saturated carbocycles. The van der Waals surface area contributed by atoms with E-state index >= 15 is 0 Å². The lowest BCUT2D eigenvalue weighted by Crippen LogP contribution is -2.32. The van der Waals surface area contributed by atoms with E-state index in [9.17, 15) is 9.18 Å². The Balaban J connectivity index is 1.63. The molecule has 4 nitrogen and oxygen atoms in total. The van der Waals surface area contributed by atoms with Crippen molar-refractivity contribution >= 4 is 11.6 Å². The molecule has 4 rings (SSSR count). The molecule has 1 aromatic carbocycles. The largest absolute Gasteiger partial charge is 0.330 e. The number of pyridine rings is 1. The molecule has 3 aromatic rings. The highest BCUT2D eigenvalue weighted by Gasteiger charge is 2.34. The molecule has 0 spiro atoms. The van der Waals surface area contributed by atoms with Gasteiger partial charge in [0.15, 0.2) is 0 Å². The van der Waals surface area contributed by atoms with E-state index < -0.39 is 0 Å². The summed E-state index contributed by atoms with van der Waals surface area (Å²) in [6.07, 6.45) is 3.83. The van der Waals surface area contributed by atoms with Gasteiger partial charge in [-0.1, -0.05) is 18.2 Å². The van der Waals surface area contributed by atoms with Crippen LogP contribution in [0.5, 0.6) is 0 Å². The van der Waals surface area contributed by atoms with Gasteiger partial charge in [-0.05, 0) is 49.6 Å². The normalized spacial score (nSPS) is 14.1. The fourth-order valence-electron chi connectivity index (χ4n) is 2.94. The van der Waals surface area contributed by atoms with Crippen LogP contribution in [0.3, 0.4) is 0 Å². The lowest BCUT2D eigenvalue weighted by atomic mass is 10.2. The zero-order valence-electron chi connectivity index (χ0n) is 13.4. The number of rotatable bonds is 4. The lowest BCUT2D eigenvalue weighted by Gasteiger charge is -2.21. The average Bonchev–Trinajstić information content (AvgIpc) is 3.32. The van der Waals surface area contributed by atoms with Gasteiger partial charge in [0.2, 0.25) is 0 Å². The molecule has 0 unspecified atom stereocenters. The summed E-state index contributed by atoms with van der Waals surface area (Å²) < 4.78 is 15.0. The minimum Gasteiger partial charge on any atom is -0.330 e. The van der Waals surface area contributed by atoms with Crippen molar-refractivity contribution in [3.63, 3.8) is 0 Å². The number of aryl methyl sites for hydroxylation is 1. The van der Waals surface area contributed by atoms with Crippen LogP contribution in [0.15, 0.2) is 48.7 Å². The zero-order chi connectivity index (χ0) is 16.7. The topological polar surface area (TPSA) is 37.6 Å². The summed E-state index contributed by atoms with van der Waals surface area (Å²) in [5.74, 6) is -0.330. The molecule has 0 saturated heterocycles. The van der Waals surface area contributed by atoms with Gasteiger partial charge in [0.05, 0.1) is 0 Å². The third kappa shape index (κ3) is 2.77. The number of amides is 1. The number of benzene rings is 1. The number of imidazole rings is 1. The number of aromatic nitrogens is 2. The maximum absolute atomic E-state index is 13.1. The quantitative estimate of drug-likeness (QED) is 0.736. The zero-order valence-corrected chi connectivity index (χ0v) is 13.4. The van der Waals surface area contributed by atoms with Crippen LogP contribution in [-0.2, 0) is 6.54 Å². The molecule has 1 amide bonds. The minimum atomic E-state index is -0.265. The molecular weight excluding hydrogens is 305 g/mol. The fraction of sp³-hybridized carbons (Fsp3) is 0.263. The Bertz CT molecular complexity index is 897. The van der Waals surface area contributed by atoms with Gasteiger partial charge in [0, 0.05) is 24.5 Å². The summed E-state index contributed by atoms with van der Waals surface area (Å²) in [5.41, 5.74) is 3.20. The van der Waals surface area contributed by atoms with Gasteiger partial charge in [-0.3, -0.25) is 4.79 Å². The van der Waals surface area contributed by atoms with Crippen LogP contribution in [0, 0.1) is 12.7 Å². The van der Waals surface area contributed by atoms with Gasteiger partial charge >= 0.3 is 0 Å². The van der Waals surface area contributed by atoms with Gasteiger partial charge in [-0.25, -0.2) is 9.37 Å². The first-order valence-electron chi connectivity index (χ1n) is 8.12. The number of carbonyl (C=O) groups is 1. The molecule has 2 heterocycles. The van der Waals surface area contributed by atoms with Gasteiger partial charge in [0.1, 0.15) is 17.2 Å².